The van der Waals surface area contributed by atoms with Crippen LogP contribution in [0.3, 0.4) is 0 Å². The standard InChI is InChI=1S/C18H20N4O3/c23-16-11-25-18(12-19-16)6-8-22(9-7-18)17(24)15-10-14(20-21-15)13-4-2-1-3-5-13/h1-5,10H,6-9,11-12H2,(H,19,23)(H,20,21). The predicted molar refractivity (Wildman–Crippen MR) is 90.9 cm³/mol. The number of carbonyl (C=O) groups excluding carboxylic acids is 2. The summed E-state index contributed by atoms with van der Waals surface area (Å²) >= 11 is 0. The van der Waals surface area contributed by atoms with Crippen LogP contribution >= 0.6 is 0 Å². The number of aromatic nitrogens is 2. The highest BCUT2D eigenvalue weighted by Crippen LogP contribution is 2.28. The average molecular weight is 340 g/mol. The molecule has 7 nitrogen and oxygen atoms in total. The number of amides is 2. The maximum absolute atomic E-state index is 12.7. The van der Waals surface area contributed by atoms with Crippen LogP contribution in [0, 0.1) is 0 Å². The van der Waals surface area contributed by atoms with Crippen LogP contribution < -0.4 is 5.32 Å². The van der Waals surface area contributed by atoms with Crippen LogP contribution in [-0.4, -0.2) is 58.8 Å². The zero-order valence-electron chi connectivity index (χ0n) is 13.8. The lowest BCUT2D eigenvalue weighted by molar-refractivity contribution is -0.149. The fourth-order valence-electron chi connectivity index (χ4n) is 3.38. The van der Waals surface area contributed by atoms with Crippen molar-refractivity contribution in [3.63, 3.8) is 0 Å². The Kier molecular flexibility index (Phi) is 4.01. The molecule has 0 saturated carbocycles. The van der Waals surface area contributed by atoms with E-state index in [2.05, 4.69) is 15.5 Å². The summed E-state index contributed by atoms with van der Waals surface area (Å²) < 4.78 is 5.74. The number of carbonyl (C=O) groups is 2. The van der Waals surface area contributed by atoms with Crippen molar-refractivity contribution in [2.75, 3.05) is 26.2 Å². The summed E-state index contributed by atoms with van der Waals surface area (Å²) in [5.74, 6) is -0.126. The molecule has 2 N–H and O–H groups in total. The molecule has 2 amide bonds. The van der Waals surface area contributed by atoms with Crippen molar-refractivity contribution in [2.24, 2.45) is 0 Å². The predicted octanol–water partition coefficient (Wildman–Crippen LogP) is 1.20. The molecule has 7 heteroatoms. The molecule has 0 radical (unpaired) electrons. The van der Waals surface area contributed by atoms with Gasteiger partial charge in [-0.05, 0) is 18.9 Å². The largest absolute Gasteiger partial charge is 0.363 e. The minimum absolute atomic E-state index is 0.0515. The van der Waals surface area contributed by atoms with E-state index in [1.165, 1.54) is 0 Å². The van der Waals surface area contributed by atoms with Gasteiger partial charge in [0.15, 0.2) is 0 Å². The molecule has 25 heavy (non-hydrogen) atoms. The molecule has 130 valence electrons. The van der Waals surface area contributed by atoms with Gasteiger partial charge in [-0.2, -0.15) is 5.10 Å². The molecule has 4 rings (SSSR count). The molecule has 2 aliphatic heterocycles. The average Bonchev–Trinajstić information content (AvgIpc) is 3.15. The van der Waals surface area contributed by atoms with Crippen LogP contribution in [0.1, 0.15) is 23.3 Å². The SMILES string of the molecule is O=C1COC2(CCN(C(=O)c3cc(-c4ccccc4)n[nH]3)CC2)CN1. The van der Waals surface area contributed by atoms with E-state index in [-0.39, 0.29) is 24.0 Å². The highest BCUT2D eigenvalue weighted by atomic mass is 16.5. The van der Waals surface area contributed by atoms with Crippen LogP contribution in [0.5, 0.6) is 0 Å². The van der Waals surface area contributed by atoms with Crippen molar-refractivity contribution >= 4 is 11.8 Å². The van der Waals surface area contributed by atoms with Crippen LogP contribution in [0.2, 0.25) is 0 Å². The molecule has 2 aromatic rings. The van der Waals surface area contributed by atoms with Crippen LogP contribution in [-0.2, 0) is 9.53 Å². The number of morpholine rings is 1. The number of benzene rings is 1. The quantitative estimate of drug-likeness (QED) is 0.860. The first-order chi connectivity index (χ1) is 12.2. The fraction of sp³-hybridized carbons (Fsp3) is 0.389. The molecule has 0 atom stereocenters. The van der Waals surface area contributed by atoms with Crippen LogP contribution in [0.25, 0.3) is 11.3 Å². The van der Waals surface area contributed by atoms with Crippen molar-refractivity contribution in [3.05, 3.63) is 42.1 Å². The second-order valence-corrected chi connectivity index (χ2v) is 6.57. The molecule has 1 aromatic carbocycles. The number of nitrogens with one attached hydrogen (secondary N) is 2. The van der Waals surface area contributed by atoms with E-state index < -0.39 is 0 Å². The van der Waals surface area contributed by atoms with Gasteiger partial charge in [0, 0.05) is 25.2 Å². The first-order valence-electron chi connectivity index (χ1n) is 8.46. The highest BCUT2D eigenvalue weighted by molar-refractivity contribution is 5.93. The number of piperidine rings is 1. The normalized spacial score (nSPS) is 19.7. The fourth-order valence-corrected chi connectivity index (χ4v) is 3.38. The summed E-state index contributed by atoms with van der Waals surface area (Å²) in [6.45, 7) is 1.84. The Balaban J connectivity index is 1.41. The molecule has 2 aliphatic rings. The molecule has 1 aromatic heterocycles. The molecule has 0 bridgehead atoms. The third-order valence-electron chi connectivity index (χ3n) is 4.96. The van der Waals surface area contributed by atoms with Crippen molar-refractivity contribution in [1.82, 2.24) is 20.4 Å². The van der Waals surface area contributed by atoms with E-state index in [1.54, 1.807) is 6.07 Å². The van der Waals surface area contributed by atoms with Crippen molar-refractivity contribution < 1.29 is 14.3 Å². The van der Waals surface area contributed by atoms with Gasteiger partial charge in [0.05, 0.1) is 11.3 Å². The lowest BCUT2D eigenvalue weighted by Crippen LogP contribution is -2.58. The smallest absolute Gasteiger partial charge is 0.271 e. The van der Waals surface area contributed by atoms with E-state index in [9.17, 15) is 9.59 Å². The topological polar surface area (TPSA) is 87.3 Å². The molecule has 1 spiro atoms. The van der Waals surface area contributed by atoms with Crippen LogP contribution in [0.15, 0.2) is 36.4 Å². The van der Waals surface area contributed by atoms with E-state index in [1.807, 2.05) is 35.2 Å². The van der Waals surface area contributed by atoms with Crippen LogP contribution in [0.4, 0.5) is 0 Å². The van der Waals surface area contributed by atoms with Gasteiger partial charge >= 0.3 is 0 Å². The van der Waals surface area contributed by atoms with Crippen molar-refractivity contribution in [1.29, 1.82) is 0 Å². The summed E-state index contributed by atoms with van der Waals surface area (Å²) in [6, 6.07) is 11.5. The number of ether oxygens (including phenoxy) is 1. The van der Waals surface area contributed by atoms with Gasteiger partial charge in [-0.25, -0.2) is 0 Å². The van der Waals surface area contributed by atoms with E-state index >= 15 is 0 Å². The maximum atomic E-state index is 12.7. The number of H-pyrrole nitrogens is 1. The minimum Gasteiger partial charge on any atom is -0.363 e. The van der Waals surface area contributed by atoms with Gasteiger partial charge in [-0.1, -0.05) is 30.3 Å². The number of hydrogen-bond donors (Lipinski definition) is 2. The summed E-state index contributed by atoms with van der Waals surface area (Å²) in [7, 11) is 0. The number of aromatic amines is 1. The Morgan fingerprint density at radius 2 is 1.96 bits per heavy atom. The van der Waals surface area contributed by atoms with E-state index in [4.69, 9.17) is 4.74 Å². The number of hydrogen-bond acceptors (Lipinski definition) is 4. The zero-order valence-corrected chi connectivity index (χ0v) is 13.8. The monoisotopic (exact) mass is 340 g/mol. The van der Waals surface area contributed by atoms with Gasteiger partial charge in [0.2, 0.25) is 5.91 Å². The summed E-state index contributed by atoms with van der Waals surface area (Å²) in [6.07, 6.45) is 1.44. The summed E-state index contributed by atoms with van der Waals surface area (Å²) in [5.41, 5.74) is 1.90. The second-order valence-electron chi connectivity index (χ2n) is 6.57. The lowest BCUT2D eigenvalue weighted by Gasteiger charge is -2.43. The van der Waals surface area contributed by atoms with E-state index in [0.717, 1.165) is 24.1 Å². The van der Waals surface area contributed by atoms with E-state index in [0.29, 0.717) is 25.3 Å². The molecule has 0 aliphatic carbocycles. The third-order valence-corrected chi connectivity index (χ3v) is 4.96. The summed E-state index contributed by atoms with van der Waals surface area (Å²) in [5, 5.41) is 9.95. The number of likely N-dealkylation sites (tertiary alicyclic amines) is 1. The Morgan fingerprint density at radius 1 is 1.20 bits per heavy atom. The Morgan fingerprint density at radius 3 is 2.64 bits per heavy atom. The Labute approximate surface area is 145 Å². The molecule has 3 heterocycles. The number of rotatable bonds is 2. The van der Waals surface area contributed by atoms with Gasteiger partial charge in [-0.15, -0.1) is 0 Å². The number of nitrogens with zero attached hydrogens (tertiary/aromatic N) is 2. The lowest BCUT2D eigenvalue weighted by atomic mass is 9.90. The Bertz CT molecular complexity index is 767. The first-order valence-corrected chi connectivity index (χ1v) is 8.46. The highest BCUT2D eigenvalue weighted by Gasteiger charge is 2.40. The summed E-state index contributed by atoms with van der Waals surface area (Å²) in [4.78, 5) is 25.8. The van der Waals surface area contributed by atoms with Gasteiger partial charge in [-0.3, -0.25) is 14.7 Å². The van der Waals surface area contributed by atoms with Crippen molar-refractivity contribution in [2.45, 2.75) is 18.4 Å². The zero-order chi connectivity index (χ0) is 17.3. The minimum atomic E-state index is -0.326. The molecule has 0 unspecified atom stereocenters. The maximum Gasteiger partial charge on any atom is 0.271 e. The Hall–Kier alpha value is -2.67. The van der Waals surface area contributed by atoms with Gasteiger partial charge in [0.25, 0.3) is 5.91 Å². The van der Waals surface area contributed by atoms with Gasteiger partial charge in [0.1, 0.15) is 12.3 Å². The third kappa shape index (κ3) is 3.15. The first kappa shape index (κ1) is 15.8. The van der Waals surface area contributed by atoms with Gasteiger partial charge < -0.3 is 15.0 Å². The van der Waals surface area contributed by atoms with Crippen molar-refractivity contribution in [3.8, 4) is 11.3 Å². The molecule has 2 saturated heterocycles. The molecule has 2 fully saturated rings. The second kappa shape index (κ2) is 6.33. The molecular weight excluding hydrogens is 320 g/mol. The molecular formula is C18H20N4O3.